The van der Waals surface area contributed by atoms with Gasteiger partial charge in [0.1, 0.15) is 0 Å². The summed E-state index contributed by atoms with van der Waals surface area (Å²) in [7, 11) is 0. The lowest BCUT2D eigenvalue weighted by molar-refractivity contribution is 0.228. The molecule has 1 rings (SSSR count). The molecule has 4 heteroatoms. The Bertz CT molecular complexity index is 223. The minimum atomic E-state index is 0.292. The van der Waals surface area contributed by atoms with Crippen molar-refractivity contribution < 1.29 is 5.11 Å². The maximum Gasteiger partial charge on any atom is 0.0490 e. The van der Waals surface area contributed by atoms with Crippen LogP contribution in [0.15, 0.2) is 12.3 Å². The fraction of sp³-hybridized carbons (Fsp3) is 0.700. The van der Waals surface area contributed by atoms with Gasteiger partial charge in [0, 0.05) is 25.0 Å². The van der Waals surface area contributed by atoms with Gasteiger partial charge in [0.2, 0.25) is 0 Å². The van der Waals surface area contributed by atoms with Crippen molar-refractivity contribution in [2.24, 2.45) is 5.92 Å². The Morgan fingerprint density at radius 1 is 1.64 bits per heavy atom. The second-order valence-electron chi connectivity index (χ2n) is 3.69. The van der Waals surface area contributed by atoms with E-state index >= 15 is 0 Å². The second-order valence-corrected chi connectivity index (χ2v) is 3.69. The molecule has 1 aromatic rings. The van der Waals surface area contributed by atoms with Gasteiger partial charge in [-0.25, -0.2) is 0 Å². The summed E-state index contributed by atoms with van der Waals surface area (Å²) in [5.41, 5.74) is 1.11. The highest BCUT2D eigenvalue weighted by Gasteiger charge is 1.98. The first kappa shape index (κ1) is 11.2. The lowest BCUT2D eigenvalue weighted by atomic mass is 10.1. The lowest BCUT2D eigenvalue weighted by Crippen LogP contribution is -2.16. The maximum absolute atomic E-state index is 8.81. The molecule has 0 aliphatic rings. The van der Waals surface area contributed by atoms with Gasteiger partial charge in [0.05, 0.1) is 0 Å². The molecule has 80 valence electrons. The van der Waals surface area contributed by atoms with E-state index in [4.69, 9.17) is 5.11 Å². The van der Waals surface area contributed by atoms with E-state index in [1.165, 1.54) is 0 Å². The summed E-state index contributed by atoms with van der Waals surface area (Å²) < 4.78 is 0. The summed E-state index contributed by atoms with van der Waals surface area (Å²) in [4.78, 5) is 0. The first-order chi connectivity index (χ1) is 6.83. The normalized spacial score (nSPS) is 13.0. The summed E-state index contributed by atoms with van der Waals surface area (Å²) in [6, 6.07) is 1.96. The first-order valence-corrected chi connectivity index (χ1v) is 5.12. The Hall–Kier alpha value is -0.870. The number of nitrogens with one attached hydrogen (secondary N) is 2. The van der Waals surface area contributed by atoms with Gasteiger partial charge in [0.25, 0.3) is 0 Å². The molecule has 0 saturated carbocycles. The Balaban J connectivity index is 1.95. The van der Waals surface area contributed by atoms with Crippen molar-refractivity contribution in [2.75, 3.05) is 13.2 Å². The number of hydrogen-bond acceptors (Lipinski definition) is 3. The van der Waals surface area contributed by atoms with E-state index < -0.39 is 0 Å². The predicted octanol–water partition coefficient (Wildman–Crippen LogP) is 0.908. The van der Waals surface area contributed by atoms with Gasteiger partial charge in [-0.05, 0) is 31.4 Å². The molecule has 0 saturated heterocycles. The number of nitrogens with zero attached hydrogens (tertiary/aromatic N) is 1. The highest BCUT2D eigenvalue weighted by atomic mass is 16.3. The molecule has 0 aromatic carbocycles. The molecule has 14 heavy (non-hydrogen) atoms. The van der Waals surface area contributed by atoms with Crippen LogP contribution in [-0.2, 0) is 6.54 Å². The molecule has 4 nitrogen and oxygen atoms in total. The number of aromatic nitrogens is 2. The van der Waals surface area contributed by atoms with E-state index in [2.05, 4.69) is 22.4 Å². The van der Waals surface area contributed by atoms with Crippen molar-refractivity contribution in [1.82, 2.24) is 15.5 Å². The number of H-pyrrole nitrogens is 1. The van der Waals surface area contributed by atoms with E-state index in [1.807, 2.05) is 6.07 Å². The largest absolute Gasteiger partial charge is 0.396 e. The monoisotopic (exact) mass is 197 g/mol. The Kier molecular flexibility index (Phi) is 5.25. The molecule has 0 spiro atoms. The molecular weight excluding hydrogens is 178 g/mol. The summed E-state index contributed by atoms with van der Waals surface area (Å²) in [6.07, 6.45) is 3.94. The van der Waals surface area contributed by atoms with Gasteiger partial charge in [-0.1, -0.05) is 6.92 Å². The zero-order valence-corrected chi connectivity index (χ0v) is 8.66. The third-order valence-corrected chi connectivity index (χ3v) is 2.24. The molecule has 1 heterocycles. The van der Waals surface area contributed by atoms with E-state index in [-0.39, 0.29) is 0 Å². The molecule has 3 N–H and O–H groups in total. The molecule has 0 aliphatic carbocycles. The van der Waals surface area contributed by atoms with Crippen molar-refractivity contribution >= 4 is 0 Å². The third-order valence-electron chi connectivity index (χ3n) is 2.24. The van der Waals surface area contributed by atoms with Gasteiger partial charge >= 0.3 is 0 Å². The zero-order valence-electron chi connectivity index (χ0n) is 8.66. The van der Waals surface area contributed by atoms with Crippen LogP contribution in [-0.4, -0.2) is 28.5 Å². The molecule has 1 unspecified atom stereocenters. The van der Waals surface area contributed by atoms with E-state index in [0.717, 1.165) is 31.6 Å². The highest BCUT2D eigenvalue weighted by Crippen LogP contribution is 2.02. The number of aliphatic hydroxyl groups is 1. The Labute approximate surface area is 84.7 Å². The van der Waals surface area contributed by atoms with E-state index in [9.17, 15) is 0 Å². The smallest absolute Gasteiger partial charge is 0.0490 e. The van der Waals surface area contributed by atoms with Gasteiger partial charge in [-0.15, -0.1) is 0 Å². The number of aromatic amines is 1. The van der Waals surface area contributed by atoms with E-state index in [1.54, 1.807) is 6.20 Å². The van der Waals surface area contributed by atoms with E-state index in [0.29, 0.717) is 12.5 Å². The molecule has 1 aromatic heterocycles. The van der Waals surface area contributed by atoms with Crippen LogP contribution in [0.1, 0.15) is 25.5 Å². The number of aliphatic hydroxyl groups excluding tert-OH is 1. The van der Waals surface area contributed by atoms with Gasteiger partial charge < -0.3 is 10.4 Å². The quantitative estimate of drug-likeness (QED) is 0.569. The fourth-order valence-corrected chi connectivity index (χ4v) is 1.27. The van der Waals surface area contributed by atoms with Crippen LogP contribution in [0.4, 0.5) is 0 Å². The maximum atomic E-state index is 8.81. The summed E-state index contributed by atoms with van der Waals surface area (Å²) >= 11 is 0. The Morgan fingerprint density at radius 3 is 3.14 bits per heavy atom. The highest BCUT2D eigenvalue weighted by molar-refractivity contribution is 4.96. The van der Waals surface area contributed by atoms with Crippen molar-refractivity contribution in [2.45, 2.75) is 26.3 Å². The lowest BCUT2D eigenvalue weighted by Gasteiger charge is -2.07. The number of rotatable bonds is 7. The van der Waals surface area contributed by atoms with Gasteiger partial charge in [-0.3, -0.25) is 5.10 Å². The van der Waals surface area contributed by atoms with Crippen molar-refractivity contribution in [3.05, 3.63) is 18.0 Å². The third kappa shape index (κ3) is 4.39. The SMILES string of the molecule is CC(CO)CCCNCc1ccn[nH]1. The predicted molar refractivity (Wildman–Crippen MR) is 55.8 cm³/mol. The molecule has 0 radical (unpaired) electrons. The van der Waals surface area contributed by atoms with Gasteiger partial charge in [-0.2, -0.15) is 5.10 Å². The molecular formula is C10H19N3O. The van der Waals surface area contributed by atoms with Crippen LogP contribution in [0.3, 0.4) is 0 Å². The van der Waals surface area contributed by atoms with Crippen LogP contribution in [0, 0.1) is 5.92 Å². The van der Waals surface area contributed by atoms with Crippen LogP contribution in [0.2, 0.25) is 0 Å². The minimum absolute atomic E-state index is 0.292. The topological polar surface area (TPSA) is 60.9 Å². The zero-order chi connectivity index (χ0) is 10.2. The molecule has 0 bridgehead atoms. The van der Waals surface area contributed by atoms with Crippen LogP contribution >= 0.6 is 0 Å². The first-order valence-electron chi connectivity index (χ1n) is 5.12. The standard InChI is InChI=1S/C10H19N3O/c1-9(8-14)3-2-5-11-7-10-4-6-12-13-10/h4,6,9,11,14H,2-3,5,7-8H2,1H3,(H,12,13). The average molecular weight is 197 g/mol. The second kappa shape index (κ2) is 6.56. The van der Waals surface area contributed by atoms with Crippen LogP contribution < -0.4 is 5.32 Å². The Morgan fingerprint density at radius 2 is 2.50 bits per heavy atom. The summed E-state index contributed by atoms with van der Waals surface area (Å²) in [5.74, 6) is 0.420. The van der Waals surface area contributed by atoms with Crippen LogP contribution in [0.5, 0.6) is 0 Å². The van der Waals surface area contributed by atoms with Gasteiger partial charge in [0.15, 0.2) is 0 Å². The van der Waals surface area contributed by atoms with Crippen molar-refractivity contribution in [3.8, 4) is 0 Å². The molecule has 1 atom stereocenters. The summed E-state index contributed by atoms with van der Waals surface area (Å²) in [6.45, 7) is 4.19. The minimum Gasteiger partial charge on any atom is -0.396 e. The molecule has 0 fully saturated rings. The van der Waals surface area contributed by atoms with Crippen molar-refractivity contribution in [1.29, 1.82) is 0 Å². The average Bonchev–Trinajstić information content (AvgIpc) is 2.69. The van der Waals surface area contributed by atoms with Crippen LogP contribution in [0.25, 0.3) is 0 Å². The molecule has 0 amide bonds. The number of hydrogen-bond donors (Lipinski definition) is 3. The summed E-state index contributed by atoms with van der Waals surface area (Å²) in [5, 5.41) is 18.9. The fourth-order valence-electron chi connectivity index (χ4n) is 1.27. The van der Waals surface area contributed by atoms with Crippen molar-refractivity contribution in [3.63, 3.8) is 0 Å². The molecule has 0 aliphatic heterocycles.